The molecule has 2 aromatic carbocycles. The fourth-order valence-electron chi connectivity index (χ4n) is 3.16. The number of hydrogen-bond donors (Lipinski definition) is 2. The summed E-state index contributed by atoms with van der Waals surface area (Å²) in [6.07, 6.45) is 1.01. The molecule has 8 heteroatoms. The lowest BCUT2D eigenvalue weighted by Gasteiger charge is -2.31. The fraction of sp³-hybridized carbons (Fsp3) is 0.273. The van der Waals surface area contributed by atoms with Crippen molar-refractivity contribution in [3.05, 3.63) is 60.2 Å². The van der Waals surface area contributed by atoms with Crippen LogP contribution < -0.4 is 15.4 Å². The van der Waals surface area contributed by atoms with E-state index in [1.807, 2.05) is 12.1 Å². The number of carbonyl (C=O) groups is 3. The molecule has 1 heterocycles. The molecule has 2 aromatic rings. The summed E-state index contributed by atoms with van der Waals surface area (Å²) in [5.74, 6) is -0.912. The molecule has 1 aliphatic heterocycles. The number of rotatable bonds is 4. The molecular weight excluding hydrogens is 384 g/mol. The molecule has 0 radical (unpaired) electrons. The van der Waals surface area contributed by atoms with Crippen molar-refractivity contribution in [3.63, 3.8) is 0 Å². The Morgan fingerprint density at radius 2 is 1.67 bits per heavy atom. The van der Waals surface area contributed by atoms with Crippen LogP contribution in [0.25, 0.3) is 0 Å². The Kier molecular flexibility index (Phi) is 7.00. The van der Waals surface area contributed by atoms with Crippen LogP contribution in [0, 0.1) is 17.2 Å². The molecule has 0 unspecified atom stereocenters. The highest BCUT2D eigenvalue weighted by molar-refractivity contribution is 6.39. The van der Waals surface area contributed by atoms with E-state index in [9.17, 15) is 14.4 Å². The number of benzene rings is 2. The molecule has 0 spiro atoms. The smallest absolute Gasteiger partial charge is 0.410 e. The molecule has 30 heavy (non-hydrogen) atoms. The standard InChI is InChI=1S/C22H22N4O4/c23-14-17-6-4-5-9-19(17)25-21(28)20(27)24-15-16-10-12-26(13-11-16)22(29)30-18-7-2-1-3-8-18/h1-9,16H,10-13,15H2,(H,24,27)(H,25,28). The number of anilines is 1. The number of likely N-dealkylation sites (tertiary alicyclic amines) is 1. The first kappa shape index (κ1) is 20.9. The van der Waals surface area contributed by atoms with Crippen LogP contribution in [0.4, 0.5) is 10.5 Å². The van der Waals surface area contributed by atoms with E-state index in [4.69, 9.17) is 10.00 Å². The zero-order chi connectivity index (χ0) is 21.3. The Balaban J connectivity index is 1.41. The van der Waals surface area contributed by atoms with Crippen LogP contribution in [0.1, 0.15) is 18.4 Å². The van der Waals surface area contributed by atoms with Gasteiger partial charge in [-0.15, -0.1) is 0 Å². The Labute approximate surface area is 174 Å². The first-order chi connectivity index (χ1) is 14.6. The van der Waals surface area contributed by atoms with Gasteiger partial charge in [-0.05, 0) is 43.0 Å². The number of nitriles is 1. The minimum Gasteiger partial charge on any atom is -0.410 e. The highest BCUT2D eigenvalue weighted by Crippen LogP contribution is 2.19. The zero-order valence-corrected chi connectivity index (χ0v) is 16.3. The summed E-state index contributed by atoms with van der Waals surface area (Å²) < 4.78 is 5.34. The number of nitrogens with one attached hydrogen (secondary N) is 2. The van der Waals surface area contributed by atoms with Crippen molar-refractivity contribution in [2.75, 3.05) is 25.0 Å². The van der Waals surface area contributed by atoms with Crippen molar-refractivity contribution < 1.29 is 19.1 Å². The van der Waals surface area contributed by atoms with E-state index in [0.29, 0.717) is 43.9 Å². The maximum absolute atomic E-state index is 12.2. The summed E-state index contributed by atoms with van der Waals surface area (Å²) in [4.78, 5) is 38.0. The highest BCUT2D eigenvalue weighted by Gasteiger charge is 2.25. The molecule has 1 fully saturated rings. The monoisotopic (exact) mass is 406 g/mol. The summed E-state index contributed by atoms with van der Waals surface area (Å²) in [5, 5.41) is 14.1. The minimum absolute atomic E-state index is 0.161. The molecule has 2 N–H and O–H groups in total. The maximum Gasteiger partial charge on any atom is 0.415 e. The summed E-state index contributed by atoms with van der Waals surface area (Å²) in [7, 11) is 0. The van der Waals surface area contributed by atoms with E-state index < -0.39 is 11.8 Å². The first-order valence-electron chi connectivity index (χ1n) is 9.67. The number of hydrogen-bond acceptors (Lipinski definition) is 5. The largest absolute Gasteiger partial charge is 0.415 e. The molecule has 3 rings (SSSR count). The number of piperidine rings is 1. The Morgan fingerprint density at radius 3 is 2.37 bits per heavy atom. The third kappa shape index (κ3) is 5.58. The number of carbonyl (C=O) groups excluding carboxylic acids is 3. The van der Waals surface area contributed by atoms with Gasteiger partial charge in [0.2, 0.25) is 0 Å². The van der Waals surface area contributed by atoms with E-state index in [2.05, 4.69) is 10.6 Å². The van der Waals surface area contributed by atoms with Gasteiger partial charge >= 0.3 is 17.9 Å². The van der Waals surface area contributed by atoms with Gasteiger partial charge < -0.3 is 20.3 Å². The zero-order valence-electron chi connectivity index (χ0n) is 16.3. The average molecular weight is 406 g/mol. The molecule has 1 saturated heterocycles. The summed E-state index contributed by atoms with van der Waals surface area (Å²) in [6, 6.07) is 17.3. The Hall–Kier alpha value is -3.86. The molecule has 3 amide bonds. The van der Waals surface area contributed by atoms with Crippen LogP contribution in [-0.2, 0) is 9.59 Å². The predicted octanol–water partition coefficient (Wildman–Crippen LogP) is 2.52. The molecule has 0 atom stereocenters. The van der Waals surface area contributed by atoms with Gasteiger partial charge in [-0.2, -0.15) is 5.26 Å². The van der Waals surface area contributed by atoms with Crippen LogP contribution in [0.3, 0.4) is 0 Å². The lowest BCUT2D eigenvalue weighted by Crippen LogP contribution is -2.44. The van der Waals surface area contributed by atoms with Gasteiger partial charge in [-0.3, -0.25) is 9.59 Å². The highest BCUT2D eigenvalue weighted by atomic mass is 16.6. The van der Waals surface area contributed by atoms with Gasteiger partial charge in [0.05, 0.1) is 11.3 Å². The van der Waals surface area contributed by atoms with E-state index >= 15 is 0 Å². The van der Waals surface area contributed by atoms with Crippen LogP contribution in [0.5, 0.6) is 5.75 Å². The lowest BCUT2D eigenvalue weighted by atomic mass is 9.97. The fourth-order valence-corrected chi connectivity index (χ4v) is 3.16. The van der Waals surface area contributed by atoms with Crippen molar-refractivity contribution >= 4 is 23.6 Å². The van der Waals surface area contributed by atoms with Crippen molar-refractivity contribution in [1.82, 2.24) is 10.2 Å². The number of nitrogens with zero attached hydrogens (tertiary/aromatic N) is 2. The van der Waals surface area contributed by atoms with Crippen LogP contribution in [-0.4, -0.2) is 42.4 Å². The van der Waals surface area contributed by atoms with Crippen molar-refractivity contribution in [1.29, 1.82) is 5.26 Å². The van der Waals surface area contributed by atoms with E-state index in [0.717, 1.165) is 0 Å². The molecule has 0 saturated carbocycles. The molecule has 154 valence electrons. The molecule has 8 nitrogen and oxygen atoms in total. The van der Waals surface area contributed by atoms with E-state index in [1.165, 1.54) is 0 Å². The summed E-state index contributed by atoms with van der Waals surface area (Å²) in [6.45, 7) is 1.38. The summed E-state index contributed by atoms with van der Waals surface area (Å²) >= 11 is 0. The SMILES string of the molecule is N#Cc1ccccc1NC(=O)C(=O)NCC1CCN(C(=O)Oc2ccccc2)CC1. The van der Waals surface area contributed by atoms with Gasteiger partial charge in [0, 0.05) is 19.6 Å². The van der Waals surface area contributed by atoms with Crippen molar-refractivity contribution in [2.24, 2.45) is 5.92 Å². The quantitative estimate of drug-likeness (QED) is 0.758. The van der Waals surface area contributed by atoms with Gasteiger partial charge in [0.15, 0.2) is 0 Å². The molecule has 1 aliphatic rings. The van der Waals surface area contributed by atoms with Gasteiger partial charge in [-0.1, -0.05) is 30.3 Å². The molecule has 0 aliphatic carbocycles. The minimum atomic E-state index is -0.818. The molecule has 0 bridgehead atoms. The van der Waals surface area contributed by atoms with Crippen LogP contribution in [0.2, 0.25) is 0 Å². The van der Waals surface area contributed by atoms with E-state index in [1.54, 1.807) is 53.4 Å². The second kappa shape index (κ2) is 10.1. The first-order valence-corrected chi connectivity index (χ1v) is 9.67. The number of ether oxygens (including phenoxy) is 1. The normalized spacial score (nSPS) is 13.8. The van der Waals surface area contributed by atoms with Gasteiger partial charge in [0.1, 0.15) is 11.8 Å². The number of amides is 3. The molecular formula is C22H22N4O4. The van der Waals surface area contributed by atoms with Crippen LogP contribution >= 0.6 is 0 Å². The Morgan fingerprint density at radius 1 is 1.00 bits per heavy atom. The second-order valence-electron chi connectivity index (χ2n) is 6.93. The lowest BCUT2D eigenvalue weighted by molar-refractivity contribution is -0.136. The third-order valence-electron chi connectivity index (χ3n) is 4.87. The average Bonchev–Trinajstić information content (AvgIpc) is 2.78. The van der Waals surface area contributed by atoms with Gasteiger partial charge in [-0.25, -0.2) is 4.79 Å². The summed E-state index contributed by atoms with van der Waals surface area (Å²) in [5.41, 5.74) is 0.582. The Bertz CT molecular complexity index is 947. The maximum atomic E-state index is 12.2. The van der Waals surface area contributed by atoms with Crippen molar-refractivity contribution in [2.45, 2.75) is 12.8 Å². The third-order valence-corrected chi connectivity index (χ3v) is 4.87. The predicted molar refractivity (Wildman–Crippen MR) is 110 cm³/mol. The van der Waals surface area contributed by atoms with Crippen LogP contribution in [0.15, 0.2) is 54.6 Å². The van der Waals surface area contributed by atoms with E-state index in [-0.39, 0.29) is 17.6 Å². The molecule has 0 aromatic heterocycles. The second-order valence-corrected chi connectivity index (χ2v) is 6.93. The van der Waals surface area contributed by atoms with Gasteiger partial charge in [0.25, 0.3) is 0 Å². The van der Waals surface area contributed by atoms with Crippen molar-refractivity contribution in [3.8, 4) is 11.8 Å². The number of para-hydroxylation sites is 2. The topological polar surface area (TPSA) is 112 Å².